The fraction of sp³-hybridized carbons (Fsp3) is 0.467. The number of carbonyl (C=O) groups excluding carboxylic acids is 2. The van der Waals surface area contributed by atoms with Crippen molar-refractivity contribution in [3.05, 3.63) is 35.4 Å². The van der Waals surface area contributed by atoms with E-state index in [0.29, 0.717) is 25.1 Å². The number of benzene rings is 1. The van der Waals surface area contributed by atoms with Gasteiger partial charge in [-0.25, -0.2) is 0 Å². The van der Waals surface area contributed by atoms with Crippen LogP contribution in [0.4, 0.5) is 0 Å². The standard InChI is InChI=1S/C15H23N3O2/c1-15(2,3)18-8-7-13(19)17-10-11-5-4-6-12(9-11)14(16)20/h4-6,9,18H,7-8,10H2,1-3H3,(H2,16,20)(H,17,19). The largest absolute Gasteiger partial charge is 0.366 e. The molecule has 0 aromatic heterocycles. The van der Waals surface area contributed by atoms with E-state index in [0.717, 1.165) is 5.56 Å². The number of carbonyl (C=O) groups is 2. The second-order valence-electron chi connectivity index (χ2n) is 5.77. The molecule has 110 valence electrons. The van der Waals surface area contributed by atoms with E-state index in [1.807, 2.05) is 6.07 Å². The summed E-state index contributed by atoms with van der Waals surface area (Å²) in [5.74, 6) is -0.487. The number of nitrogens with one attached hydrogen (secondary N) is 2. The summed E-state index contributed by atoms with van der Waals surface area (Å²) in [6.45, 7) is 7.20. The van der Waals surface area contributed by atoms with Gasteiger partial charge in [-0.05, 0) is 38.5 Å². The highest BCUT2D eigenvalue weighted by Gasteiger charge is 2.09. The number of hydrogen-bond donors (Lipinski definition) is 3. The molecule has 2 amide bonds. The molecule has 1 aromatic carbocycles. The summed E-state index contributed by atoms with van der Waals surface area (Å²) in [5, 5.41) is 6.07. The van der Waals surface area contributed by atoms with Crippen molar-refractivity contribution in [3.63, 3.8) is 0 Å². The quantitative estimate of drug-likeness (QED) is 0.730. The van der Waals surface area contributed by atoms with Crippen LogP contribution in [0, 0.1) is 0 Å². The zero-order chi connectivity index (χ0) is 15.2. The minimum absolute atomic E-state index is 0.0100. The van der Waals surface area contributed by atoms with Crippen molar-refractivity contribution in [2.75, 3.05) is 6.54 Å². The van der Waals surface area contributed by atoms with Crippen molar-refractivity contribution in [1.82, 2.24) is 10.6 Å². The predicted molar refractivity (Wildman–Crippen MR) is 79.2 cm³/mol. The molecule has 5 heteroatoms. The maximum absolute atomic E-state index is 11.7. The van der Waals surface area contributed by atoms with Gasteiger partial charge in [0.25, 0.3) is 0 Å². The molecule has 4 N–H and O–H groups in total. The Balaban J connectivity index is 2.37. The normalized spacial score (nSPS) is 11.2. The average molecular weight is 277 g/mol. The van der Waals surface area contributed by atoms with Gasteiger partial charge in [0.2, 0.25) is 11.8 Å². The summed E-state index contributed by atoms with van der Waals surface area (Å²) in [6.07, 6.45) is 0.423. The number of rotatable bonds is 6. The Morgan fingerprint density at radius 3 is 2.55 bits per heavy atom. The molecule has 0 fully saturated rings. The Morgan fingerprint density at radius 1 is 1.25 bits per heavy atom. The first-order chi connectivity index (χ1) is 9.28. The number of amides is 2. The van der Waals surface area contributed by atoms with Gasteiger partial charge in [-0.3, -0.25) is 9.59 Å². The first-order valence-electron chi connectivity index (χ1n) is 6.68. The van der Waals surface area contributed by atoms with Crippen LogP contribution in [0.1, 0.15) is 43.1 Å². The maximum Gasteiger partial charge on any atom is 0.248 e. The Bertz CT molecular complexity index is 478. The minimum Gasteiger partial charge on any atom is -0.366 e. The lowest BCUT2D eigenvalue weighted by atomic mass is 10.1. The molecular formula is C15H23N3O2. The SMILES string of the molecule is CC(C)(C)NCCC(=O)NCc1cccc(C(N)=O)c1. The Kier molecular flexibility index (Phi) is 5.70. The molecule has 0 unspecified atom stereocenters. The first-order valence-corrected chi connectivity index (χ1v) is 6.68. The molecule has 0 aliphatic heterocycles. The topological polar surface area (TPSA) is 84.2 Å². The van der Waals surface area contributed by atoms with Gasteiger partial charge < -0.3 is 16.4 Å². The van der Waals surface area contributed by atoms with Crippen LogP contribution < -0.4 is 16.4 Å². The molecule has 0 heterocycles. The highest BCUT2D eigenvalue weighted by Crippen LogP contribution is 2.04. The van der Waals surface area contributed by atoms with Crippen LogP contribution >= 0.6 is 0 Å². The third-order valence-corrected chi connectivity index (χ3v) is 2.71. The van der Waals surface area contributed by atoms with Crippen molar-refractivity contribution in [3.8, 4) is 0 Å². The lowest BCUT2D eigenvalue weighted by Gasteiger charge is -2.20. The number of primary amides is 1. The molecule has 0 saturated carbocycles. The summed E-state index contributed by atoms with van der Waals surface area (Å²) in [5.41, 5.74) is 6.53. The zero-order valence-corrected chi connectivity index (χ0v) is 12.3. The molecule has 0 aliphatic rings. The van der Waals surface area contributed by atoms with Crippen LogP contribution in [-0.2, 0) is 11.3 Å². The van der Waals surface area contributed by atoms with Gasteiger partial charge in [0.05, 0.1) is 0 Å². The molecule has 5 nitrogen and oxygen atoms in total. The lowest BCUT2D eigenvalue weighted by molar-refractivity contribution is -0.121. The van der Waals surface area contributed by atoms with Crippen LogP contribution in [0.2, 0.25) is 0 Å². The Hall–Kier alpha value is -1.88. The summed E-state index contributed by atoms with van der Waals surface area (Å²) < 4.78 is 0. The van der Waals surface area contributed by atoms with Crippen molar-refractivity contribution in [1.29, 1.82) is 0 Å². The minimum atomic E-state index is -0.465. The molecule has 0 saturated heterocycles. The van der Waals surface area contributed by atoms with Crippen molar-refractivity contribution in [2.45, 2.75) is 39.3 Å². The predicted octanol–water partition coefficient (Wildman–Crippen LogP) is 1.18. The summed E-state index contributed by atoms with van der Waals surface area (Å²) in [7, 11) is 0. The fourth-order valence-corrected chi connectivity index (χ4v) is 1.67. The smallest absolute Gasteiger partial charge is 0.248 e. The third-order valence-electron chi connectivity index (χ3n) is 2.71. The van der Waals surface area contributed by atoms with Crippen LogP contribution in [0.15, 0.2) is 24.3 Å². The van der Waals surface area contributed by atoms with E-state index >= 15 is 0 Å². The molecule has 0 aliphatic carbocycles. The Labute approximate surface area is 119 Å². The van der Waals surface area contributed by atoms with Crippen molar-refractivity contribution < 1.29 is 9.59 Å². The van der Waals surface area contributed by atoms with E-state index in [1.165, 1.54) is 0 Å². The van der Waals surface area contributed by atoms with Crippen LogP contribution in [0.3, 0.4) is 0 Å². The maximum atomic E-state index is 11.7. The van der Waals surface area contributed by atoms with E-state index < -0.39 is 5.91 Å². The molecular weight excluding hydrogens is 254 g/mol. The number of hydrogen-bond acceptors (Lipinski definition) is 3. The van der Waals surface area contributed by atoms with E-state index in [9.17, 15) is 9.59 Å². The molecule has 0 atom stereocenters. The van der Waals surface area contributed by atoms with Gasteiger partial charge in [0.15, 0.2) is 0 Å². The van der Waals surface area contributed by atoms with Gasteiger partial charge in [-0.1, -0.05) is 12.1 Å². The van der Waals surface area contributed by atoms with E-state index in [2.05, 4.69) is 31.4 Å². The number of nitrogens with two attached hydrogens (primary N) is 1. The third kappa shape index (κ3) is 6.33. The average Bonchev–Trinajstić information content (AvgIpc) is 2.35. The summed E-state index contributed by atoms with van der Waals surface area (Å²) in [4.78, 5) is 22.7. The molecule has 0 radical (unpaired) electrons. The van der Waals surface area contributed by atoms with Crippen molar-refractivity contribution in [2.24, 2.45) is 5.73 Å². The zero-order valence-electron chi connectivity index (χ0n) is 12.3. The van der Waals surface area contributed by atoms with Gasteiger partial charge >= 0.3 is 0 Å². The molecule has 0 bridgehead atoms. The van der Waals surface area contributed by atoms with Gasteiger partial charge in [0.1, 0.15) is 0 Å². The van der Waals surface area contributed by atoms with E-state index in [1.54, 1.807) is 18.2 Å². The monoisotopic (exact) mass is 277 g/mol. The van der Waals surface area contributed by atoms with Gasteiger partial charge in [-0.2, -0.15) is 0 Å². The van der Waals surface area contributed by atoms with E-state index in [4.69, 9.17) is 5.73 Å². The van der Waals surface area contributed by atoms with Crippen LogP contribution in [-0.4, -0.2) is 23.9 Å². The molecule has 20 heavy (non-hydrogen) atoms. The lowest BCUT2D eigenvalue weighted by Crippen LogP contribution is -2.38. The summed E-state index contributed by atoms with van der Waals surface area (Å²) in [6, 6.07) is 6.94. The van der Waals surface area contributed by atoms with E-state index in [-0.39, 0.29) is 11.4 Å². The van der Waals surface area contributed by atoms with Gasteiger partial charge in [0, 0.05) is 30.6 Å². The van der Waals surface area contributed by atoms with Crippen LogP contribution in [0.5, 0.6) is 0 Å². The molecule has 0 spiro atoms. The first kappa shape index (κ1) is 16.2. The highest BCUT2D eigenvalue weighted by atomic mass is 16.1. The second-order valence-corrected chi connectivity index (χ2v) is 5.77. The van der Waals surface area contributed by atoms with Crippen molar-refractivity contribution >= 4 is 11.8 Å². The Morgan fingerprint density at radius 2 is 1.95 bits per heavy atom. The van der Waals surface area contributed by atoms with Crippen LogP contribution in [0.25, 0.3) is 0 Å². The summed E-state index contributed by atoms with van der Waals surface area (Å²) >= 11 is 0. The highest BCUT2D eigenvalue weighted by molar-refractivity contribution is 5.92. The second kappa shape index (κ2) is 7.05. The molecule has 1 rings (SSSR count). The molecule has 1 aromatic rings. The van der Waals surface area contributed by atoms with Gasteiger partial charge in [-0.15, -0.1) is 0 Å². The fourth-order valence-electron chi connectivity index (χ4n) is 1.67.